The standard InChI is InChI=1S/C9H8N6O4S/c1-14-9(12-7(16)8(17)13-14)20-6-3-4(15(18)19)2-5(10)11-6/h2-3H,1H3,(H2,10,11)(H,13,17). The zero-order chi connectivity index (χ0) is 14.9. The predicted octanol–water partition coefficient (Wildman–Crippen LogP) is -0.495. The van der Waals surface area contributed by atoms with Gasteiger partial charge in [-0.1, -0.05) is 0 Å². The van der Waals surface area contributed by atoms with E-state index in [0.29, 0.717) is 0 Å². The van der Waals surface area contributed by atoms with Gasteiger partial charge in [0, 0.05) is 13.1 Å². The molecule has 0 spiro atoms. The van der Waals surface area contributed by atoms with Crippen LogP contribution in [0.25, 0.3) is 0 Å². The normalized spacial score (nSPS) is 10.4. The largest absolute Gasteiger partial charge is 0.383 e. The van der Waals surface area contributed by atoms with Crippen LogP contribution >= 0.6 is 11.8 Å². The lowest BCUT2D eigenvalue weighted by Gasteiger charge is -2.05. The van der Waals surface area contributed by atoms with E-state index in [1.165, 1.54) is 17.8 Å². The number of anilines is 1. The van der Waals surface area contributed by atoms with Crippen molar-refractivity contribution < 1.29 is 4.92 Å². The molecule has 2 rings (SSSR count). The van der Waals surface area contributed by atoms with Crippen molar-refractivity contribution in [2.75, 3.05) is 5.73 Å². The lowest BCUT2D eigenvalue weighted by Crippen LogP contribution is -2.33. The maximum absolute atomic E-state index is 11.2. The molecule has 0 aromatic carbocycles. The molecule has 2 aromatic heterocycles. The molecule has 0 saturated heterocycles. The summed E-state index contributed by atoms with van der Waals surface area (Å²) >= 11 is 0.869. The van der Waals surface area contributed by atoms with Crippen LogP contribution in [0.5, 0.6) is 0 Å². The van der Waals surface area contributed by atoms with Crippen molar-refractivity contribution in [1.29, 1.82) is 0 Å². The van der Waals surface area contributed by atoms with E-state index in [-0.39, 0.29) is 21.7 Å². The van der Waals surface area contributed by atoms with Crippen LogP contribution in [0.3, 0.4) is 0 Å². The van der Waals surface area contributed by atoms with E-state index in [9.17, 15) is 19.7 Å². The Hall–Kier alpha value is -2.69. The average Bonchev–Trinajstić information content (AvgIpc) is 2.35. The number of aromatic amines is 1. The molecule has 10 nitrogen and oxygen atoms in total. The minimum absolute atomic E-state index is 0.0314. The first-order valence-corrected chi connectivity index (χ1v) is 5.95. The maximum atomic E-state index is 11.2. The second kappa shape index (κ2) is 5.13. The Morgan fingerprint density at radius 3 is 2.75 bits per heavy atom. The Morgan fingerprint density at radius 2 is 2.10 bits per heavy atom. The van der Waals surface area contributed by atoms with E-state index in [0.717, 1.165) is 17.8 Å². The van der Waals surface area contributed by atoms with Gasteiger partial charge in [0.15, 0.2) is 5.16 Å². The van der Waals surface area contributed by atoms with Crippen LogP contribution in [-0.4, -0.2) is 24.7 Å². The van der Waals surface area contributed by atoms with E-state index in [2.05, 4.69) is 15.1 Å². The fourth-order valence-electron chi connectivity index (χ4n) is 1.31. The summed E-state index contributed by atoms with van der Waals surface area (Å²) in [5.41, 5.74) is 3.43. The van der Waals surface area contributed by atoms with Crippen molar-refractivity contribution in [2.45, 2.75) is 10.2 Å². The topological polar surface area (TPSA) is 150 Å². The molecule has 20 heavy (non-hydrogen) atoms. The number of nitrogen functional groups attached to an aromatic ring is 1. The summed E-state index contributed by atoms with van der Waals surface area (Å²) < 4.78 is 1.21. The highest BCUT2D eigenvalue weighted by Gasteiger charge is 2.13. The molecule has 11 heteroatoms. The number of H-pyrrole nitrogens is 1. The zero-order valence-electron chi connectivity index (χ0n) is 10.1. The molecular formula is C9H8N6O4S. The Morgan fingerprint density at radius 1 is 1.40 bits per heavy atom. The van der Waals surface area contributed by atoms with E-state index >= 15 is 0 Å². The van der Waals surface area contributed by atoms with Gasteiger partial charge in [-0.25, -0.2) is 4.98 Å². The minimum Gasteiger partial charge on any atom is -0.383 e. The lowest BCUT2D eigenvalue weighted by molar-refractivity contribution is -0.385. The highest BCUT2D eigenvalue weighted by molar-refractivity contribution is 7.99. The van der Waals surface area contributed by atoms with Gasteiger partial charge in [-0.3, -0.25) is 29.5 Å². The van der Waals surface area contributed by atoms with Crippen molar-refractivity contribution in [3.63, 3.8) is 0 Å². The Balaban J connectivity index is 2.45. The molecule has 0 bridgehead atoms. The third-order valence-corrected chi connectivity index (χ3v) is 3.13. The summed E-state index contributed by atoms with van der Waals surface area (Å²) in [6.45, 7) is 0. The average molecular weight is 296 g/mol. The number of nitrogens with one attached hydrogen (secondary N) is 1. The summed E-state index contributed by atoms with van der Waals surface area (Å²) in [7, 11) is 1.47. The van der Waals surface area contributed by atoms with Crippen LogP contribution in [0.4, 0.5) is 11.5 Å². The first-order valence-electron chi connectivity index (χ1n) is 5.14. The third-order valence-electron chi connectivity index (χ3n) is 2.16. The van der Waals surface area contributed by atoms with Crippen LogP contribution in [0, 0.1) is 10.1 Å². The van der Waals surface area contributed by atoms with Gasteiger partial charge in [0.25, 0.3) is 5.69 Å². The number of hydrogen-bond acceptors (Lipinski definition) is 8. The second-order valence-corrected chi connectivity index (χ2v) is 4.63. The fourth-order valence-corrected chi connectivity index (χ4v) is 2.14. The molecular weight excluding hydrogens is 288 g/mol. The summed E-state index contributed by atoms with van der Waals surface area (Å²) in [6.07, 6.45) is 0. The monoisotopic (exact) mass is 296 g/mol. The van der Waals surface area contributed by atoms with Crippen LogP contribution in [0.2, 0.25) is 0 Å². The molecule has 0 amide bonds. The SMILES string of the molecule is Cn1[nH]c(=O)c(=O)nc1Sc1cc([N+](=O)[O-])cc(N)n1. The molecule has 3 N–H and O–H groups in total. The van der Waals surface area contributed by atoms with E-state index in [1.54, 1.807) is 0 Å². The number of aryl methyl sites for hydroxylation is 1. The molecule has 0 unspecified atom stereocenters. The molecule has 104 valence electrons. The molecule has 0 aliphatic heterocycles. The molecule has 0 atom stereocenters. The third kappa shape index (κ3) is 2.83. The van der Waals surface area contributed by atoms with Gasteiger partial charge in [-0.05, 0) is 11.8 Å². The van der Waals surface area contributed by atoms with Crippen molar-refractivity contribution in [3.8, 4) is 0 Å². The number of rotatable bonds is 3. The molecule has 0 fully saturated rings. The summed E-state index contributed by atoms with van der Waals surface area (Å²) in [6, 6.07) is 2.31. The highest BCUT2D eigenvalue weighted by atomic mass is 32.2. The number of nitrogens with zero attached hydrogens (tertiary/aromatic N) is 4. The number of hydrogen-bond donors (Lipinski definition) is 2. The van der Waals surface area contributed by atoms with E-state index in [4.69, 9.17) is 5.73 Å². The molecule has 0 radical (unpaired) electrons. The molecule has 0 aliphatic rings. The summed E-state index contributed by atoms with van der Waals surface area (Å²) in [5, 5.41) is 13.3. The molecule has 0 saturated carbocycles. The van der Waals surface area contributed by atoms with Crippen LogP contribution in [0.15, 0.2) is 31.9 Å². The number of nitrogens with two attached hydrogens (primary N) is 1. The maximum Gasteiger partial charge on any atom is 0.339 e. The number of pyridine rings is 1. The molecule has 0 aliphatic carbocycles. The number of nitro groups is 1. The zero-order valence-corrected chi connectivity index (χ0v) is 10.9. The first kappa shape index (κ1) is 13.7. The quantitative estimate of drug-likeness (QED) is 0.437. The van der Waals surface area contributed by atoms with Gasteiger partial charge < -0.3 is 5.73 Å². The van der Waals surface area contributed by atoms with Crippen LogP contribution in [-0.2, 0) is 7.05 Å². The smallest absolute Gasteiger partial charge is 0.339 e. The van der Waals surface area contributed by atoms with Gasteiger partial charge in [0.2, 0.25) is 0 Å². The van der Waals surface area contributed by atoms with Crippen LogP contribution < -0.4 is 16.9 Å². The molecule has 2 aromatic rings. The van der Waals surface area contributed by atoms with Crippen molar-refractivity contribution in [1.82, 2.24) is 19.7 Å². The Kier molecular flexibility index (Phi) is 3.52. The van der Waals surface area contributed by atoms with Gasteiger partial charge in [0.05, 0.1) is 11.0 Å². The van der Waals surface area contributed by atoms with Gasteiger partial charge in [-0.15, -0.1) is 0 Å². The molecule has 2 heterocycles. The van der Waals surface area contributed by atoms with Crippen molar-refractivity contribution in [2.24, 2.45) is 7.05 Å². The summed E-state index contributed by atoms with van der Waals surface area (Å²) in [4.78, 5) is 39.8. The van der Waals surface area contributed by atoms with E-state index in [1.807, 2.05) is 0 Å². The Bertz CT molecular complexity index is 798. The predicted molar refractivity (Wildman–Crippen MR) is 69.5 cm³/mol. The van der Waals surface area contributed by atoms with Crippen LogP contribution in [0.1, 0.15) is 0 Å². The van der Waals surface area contributed by atoms with Crippen molar-refractivity contribution >= 4 is 23.3 Å². The Labute approximate surface area is 114 Å². The number of aromatic nitrogens is 4. The van der Waals surface area contributed by atoms with Gasteiger partial charge in [0.1, 0.15) is 10.8 Å². The highest BCUT2D eigenvalue weighted by Crippen LogP contribution is 2.27. The van der Waals surface area contributed by atoms with Gasteiger partial charge in [-0.2, -0.15) is 4.98 Å². The second-order valence-electron chi connectivity index (χ2n) is 3.65. The van der Waals surface area contributed by atoms with Crippen molar-refractivity contribution in [3.05, 3.63) is 43.0 Å². The summed E-state index contributed by atoms with van der Waals surface area (Å²) in [5.74, 6) is -0.0314. The first-order chi connectivity index (χ1) is 9.36. The minimum atomic E-state index is -0.955. The fraction of sp³-hybridized carbons (Fsp3) is 0.111. The lowest BCUT2D eigenvalue weighted by atomic mass is 10.4. The van der Waals surface area contributed by atoms with E-state index < -0.39 is 16.0 Å². The van der Waals surface area contributed by atoms with Gasteiger partial charge >= 0.3 is 11.1 Å².